The summed E-state index contributed by atoms with van der Waals surface area (Å²) in [5.41, 5.74) is 1.73. The van der Waals surface area contributed by atoms with Gasteiger partial charge in [0.1, 0.15) is 18.1 Å². The molecular weight excluding hydrogens is 302 g/mol. The Morgan fingerprint density at radius 2 is 2.00 bits per heavy atom. The highest BCUT2D eigenvalue weighted by atomic mass is 16.5. The molecule has 2 aromatic rings. The number of nitrogens with one attached hydrogen (secondary N) is 1. The summed E-state index contributed by atoms with van der Waals surface area (Å²) in [7, 11) is 0. The van der Waals surface area contributed by atoms with Crippen LogP contribution < -0.4 is 14.8 Å². The maximum atomic E-state index is 12.4. The van der Waals surface area contributed by atoms with E-state index in [0.717, 1.165) is 24.2 Å². The highest BCUT2D eigenvalue weighted by Crippen LogP contribution is 2.27. The van der Waals surface area contributed by atoms with Gasteiger partial charge in [0.2, 0.25) is 0 Å². The third-order valence-corrected chi connectivity index (χ3v) is 4.12. The van der Waals surface area contributed by atoms with Crippen LogP contribution in [0.15, 0.2) is 48.5 Å². The zero-order chi connectivity index (χ0) is 16.8. The molecule has 0 saturated heterocycles. The summed E-state index contributed by atoms with van der Waals surface area (Å²) in [6.45, 7) is 2.90. The molecule has 0 radical (unpaired) electrons. The number of ether oxygens (including phenoxy) is 2. The third-order valence-electron chi connectivity index (χ3n) is 4.12. The van der Waals surface area contributed by atoms with Crippen LogP contribution in [0.3, 0.4) is 0 Å². The van der Waals surface area contributed by atoms with Gasteiger partial charge in [0, 0.05) is 0 Å². The number of carbonyl (C=O) groups excluding carboxylic acids is 1. The molecule has 0 heterocycles. The number of rotatable bonds is 7. The van der Waals surface area contributed by atoms with Gasteiger partial charge in [-0.25, -0.2) is 0 Å². The van der Waals surface area contributed by atoms with Crippen LogP contribution in [0.1, 0.15) is 35.2 Å². The molecule has 0 bridgehead atoms. The predicted molar refractivity (Wildman–Crippen MR) is 93.7 cm³/mol. The van der Waals surface area contributed by atoms with Crippen LogP contribution in [-0.2, 0) is 0 Å². The monoisotopic (exact) mass is 325 g/mol. The lowest BCUT2D eigenvalue weighted by molar-refractivity contribution is 0.0922. The zero-order valence-corrected chi connectivity index (χ0v) is 14.0. The molecule has 1 aliphatic rings. The van der Waals surface area contributed by atoms with Crippen LogP contribution >= 0.6 is 0 Å². The van der Waals surface area contributed by atoms with E-state index in [0.29, 0.717) is 24.5 Å². The van der Waals surface area contributed by atoms with Crippen LogP contribution in [-0.4, -0.2) is 25.2 Å². The quantitative estimate of drug-likeness (QED) is 0.789. The maximum absolute atomic E-state index is 12.4. The summed E-state index contributed by atoms with van der Waals surface area (Å²) in [6.07, 6.45) is 3.60. The highest BCUT2D eigenvalue weighted by Gasteiger charge is 2.21. The first-order chi connectivity index (χ1) is 11.7. The van der Waals surface area contributed by atoms with Gasteiger partial charge < -0.3 is 14.8 Å². The lowest BCUT2D eigenvalue weighted by Crippen LogP contribution is -2.30. The van der Waals surface area contributed by atoms with Crippen LogP contribution in [0.2, 0.25) is 0 Å². The van der Waals surface area contributed by atoms with E-state index >= 15 is 0 Å². The van der Waals surface area contributed by atoms with Crippen molar-refractivity contribution in [2.75, 3.05) is 13.2 Å². The molecule has 0 unspecified atom stereocenters. The van der Waals surface area contributed by atoms with E-state index in [1.165, 1.54) is 6.42 Å². The van der Waals surface area contributed by atoms with Crippen molar-refractivity contribution in [1.29, 1.82) is 0 Å². The van der Waals surface area contributed by atoms with Crippen molar-refractivity contribution >= 4 is 5.91 Å². The van der Waals surface area contributed by atoms with Gasteiger partial charge in [-0.2, -0.15) is 0 Å². The van der Waals surface area contributed by atoms with E-state index in [1.54, 1.807) is 6.07 Å². The zero-order valence-electron chi connectivity index (χ0n) is 14.0. The van der Waals surface area contributed by atoms with Gasteiger partial charge in [0.15, 0.2) is 0 Å². The number of hydrogen-bond acceptors (Lipinski definition) is 3. The van der Waals surface area contributed by atoms with Crippen LogP contribution in [0, 0.1) is 6.92 Å². The van der Waals surface area contributed by atoms with E-state index in [9.17, 15) is 4.79 Å². The van der Waals surface area contributed by atoms with E-state index in [1.807, 2.05) is 49.4 Å². The summed E-state index contributed by atoms with van der Waals surface area (Å²) in [5.74, 6) is 1.36. The minimum Gasteiger partial charge on any atom is -0.492 e. The third kappa shape index (κ3) is 4.28. The Labute approximate surface area is 142 Å². The molecule has 1 amide bonds. The van der Waals surface area contributed by atoms with Crippen LogP contribution in [0.5, 0.6) is 11.5 Å². The molecule has 1 aliphatic carbocycles. The van der Waals surface area contributed by atoms with Gasteiger partial charge in [0.05, 0.1) is 18.2 Å². The summed E-state index contributed by atoms with van der Waals surface area (Å²) in [4.78, 5) is 12.4. The molecule has 1 saturated carbocycles. The SMILES string of the molecule is Cc1cccc(OCCNC(=O)c2ccccc2OC2CCC2)c1. The van der Waals surface area contributed by atoms with Crippen LogP contribution in [0.25, 0.3) is 0 Å². The van der Waals surface area contributed by atoms with Crippen molar-refractivity contribution in [3.05, 3.63) is 59.7 Å². The second-order valence-corrected chi connectivity index (χ2v) is 6.09. The van der Waals surface area contributed by atoms with Gasteiger partial charge in [-0.05, 0) is 56.0 Å². The predicted octanol–water partition coefficient (Wildman–Crippen LogP) is 3.74. The number of amides is 1. The molecule has 4 heteroatoms. The van der Waals surface area contributed by atoms with E-state index < -0.39 is 0 Å². The molecule has 1 fully saturated rings. The summed E-state index contributed by atoms with van der Waals surface area (Å²) in [5, 5.41) is 2.89. The highest BCUT2D eigenvalue weighted by molar-refractivity contribution is 5.96. The normalized spacial score (nSPS) is 13.9. The first-order valence-corrected chi connectivity index (χ1v) is 8.46. The minimum absolute atomic E-state index is 0.127. The van der Waals surface area contributed by atoms with Crippen molar-refractivity contribution in [3.63, 3.8) is 0 Å². The number of aryl methyl sites for hydroxylation is 1. The fourth-order valence-corrected chi connectivity index (χ4v) is 2.56. The molecule has 0 aliphatic heterocycles. The lowest BCUT2D eigenvalue weighted by Gasteiger charge is -2.27. The van der Waals surface area contributed by atoms with E-state index in [-0.39, 0.29) is 12.0 Å². The van der Waals surface area contributed by atoms with Crippen molar-refractivity contribution < 1.29 is 14.3 Å². The Balaban J connectivity index is 1.49. The average molecular weight is 325 g/mol. The fourth-order valence-electron chi connectivity index (χ4n) is 2.56. The molecule has 0 aromatic heterocycles. The summed E-state index contributed by atoms with van der Waals surface area (Å²) >= 11 is 0. The lowest BCUT2D eigenvalue weighted by atomic mass is 9.96. The number of benzene rings is 2. The molecule has 4 nitrogen and oxygen atoms in total. The molecule has 3 rings (SSSR count). The van der Waals surface area contributed by atoms with Gasteiger partial charge in [-0.3, -0.25) is 4.79 Å². The van der Waals surface area contributed by atoms with Crippen molar-refractivity contribution in [1.82, 2.24) is 5.32 Å². The number of carbonyl (C=O) groups is 1. The van der Waals surface area contributed by atoms with Gasteiger partial charge in [-0.1, -0.05) is 24.3 Å². The topological polar surface area (TPSA) is 47.6 Å². The Kier molecular flexibility index (Phi) is 5.36. The Bertz CT molecular complexity index is 695. The average Bonchev–Trinajstić information content (AvgIpc) is 2.55. The van der Waals surface area contributed by atoms with Gasteiger partial charge >= 0.3 is 0 Å². The Morgan fingerprint density at radius 1 is 1.17 bits per heavy atom. The smallest absolute Gasteiger partial charge is 0.255 e. The summed E-state index contributed by atoms with van der Waals surface area (Å²) < 4.78 is 11.5. The number of para-hydroxylation sites is 1. The van der Waals surface area contributed by atoms with E-state index in [4.69, 9.17) is 9.47 Å². The van der Waals surface area contributed by atoms with Crippen LogP contribution in [0.4, 0.5) is 0 Å². The van der Waals surface area contributed by atoms with Crippen molar-refractivity contribution in [3.8, 4) is 11.5 Å². The largest absolute Gasteiger partial charge is 0.492 e. The Morgan fingerprint density at radius 3 is 2.75 bits per heavy atom. The second-order valence-electron chi connectivity index (χ2n) is 6.09. The minimum atomic E-state index is -0.127. The first kappa shape index (κ1) is 16.4. The Hall–Kier alpha value is -2.49. The molecule has 2 aromatic carbocycles. The molecule has 0 spiro atoms. The van der Waals surface area contributed by atoms with Gasteiger partial charge in [0.25, 0.3) is 5.91 Å². The second kappa shape index (κ2) is 7.86. The molecule has 126 valence electrons. The summed E-state index contributed by atoms with van der Waals surface area (Å²) in [6, 6.07) is 15.3. The first-order valence-electron chi connectivity index (χ1n) is 8.46. The standard InChI is InChI=1S/C20H23NO3/c1-15-6-4-9-17(14-15)23-13-12-21-20(22)18-10-2-3-11-19(18)24-16-7-5-8-16/h2-4,6,9-11,14,16H,5,7-8,12-13H2,1H3,(H,21,22). The molecular formula is C20H23NO3. The van der Waals surface area contributed by atoms with Crippen molar-refractivity contribution in [2.24, 2.45) is 0 Å². The maximum Gasteiger partial charge on any atom is 0.255 e. The molecule has 24 heavy (non-hydrogen) atoms. The number of hydrogen-bond donors (Lipinski definition) is 1. The van der Waals surface area contributed by atoms with E-state index in [2.05, 4.69) is 5.32 Å². The molecule has 0 atom stereocenters. The van der Waals surface area contributed by atoms with Gasteiger partial charge in [-0.15, -0.1) is 0 Å². The van der Waals surface area contributed by atoms with Crippen molar-refractivity contribution in [2.45, 2.75) is 32.3 Å². The fraction of sp³-hybridized carbons (Fsp3) is 0.350. The molecule has 1 N–H and O–H groups in total.